The summed E-state index contributed by atoms with van der Waals surface area (Å²) in [7, 11) is 1.63. The van der Waals surface area contributed by atoms with Gasteiger partial charge in [0.05, 0.1) is 7.11 Å². The second-order valence-corrected chi connectivity index (χ2v) is 3.54. The Labute approximate surface area is 100 Å². The number of methoxy groups -OCH3 is 1. The molecule has 1 heterocycles. The van der Waals surface area contributed by atoms with E-state index in [1.54, 1.807) is 25.6 Å². The molecule has 0 bridgehead atoms. The number of nitrogens with two attached hydrogens (primary N) is 1. The van der Waals surface area contributed by atoms with Gasteiger partial charge in [-0.3, -0.25) is 4.98 Å². The summed E-state index contributed by atoms with van der Waals surface area (Å²) in [4.78, 5) is 4.01. The molecule has 4 heteroatoms. The Morgan fingerprint density at radius 1 is 1.12 bits per heavy atom. The van der Waals surface area contributed by atoms with Crippen molar-refractivity contribution in [1.82, 2.24) is 4.98 Å². The minimum Gasteiger partial charge on any atom is -0.497 e. The van der Waals surface area contributed by atoms with E-state index in [9.17, 15) is 0 Å². The predicted octanol–water partition coefficient (Wildman–Crippen LogP) is 2.25. The molecule has 0 saturated carbocycles. The summed E-state index contributed by atoms with van der Waals surface area (Å²) in [5.41, 5.74) is 7.36. The number of benzene rings is 1. The third-order valence-corrected chi connectivity index (χ3v) is 2.40. The minimum absolute atomic E-state index is 0.409. The summed E-state index contributed by atoms with van der Waals surface area (Å²) in [6.07, 6.45) is 3.37. The number of anilines is 1. The van der Waals surface area contributed by atoms with Crippen LogP contribution in [-0.2, 0) is 6.61 Å². The van der Waals surface area contributed by atoms with Gasteiger partial charge in [0, 0.05) is 23.6 Å². The van der Waals surface area contributed by atoms with E-state index in [2.05, 4.69) is 4.98 Å². The maximum absolute atomic E-state index is 5.79. The van der Waals surface area contributed by atoms with Crippen molar-refractivity contribution in [1.29, 1.82) is 0 Å². The van der Waals surface area contributed by atoms with Crippen molar-refractivity contribution in [2.24, 2.45) is 0 Å². The molecule has 2 rings (SSSR count). The van der Waals surface area contributed by atoms with Crippen molar-refractivity contribution < 1.29 is 9.47 Å². The lowest BCUT2D eigenvalue weighted by molar-refractivity contribution is 0.305. The summed E-state index contributed by atoms with van der Waals surface area (Å²) >= 11 is 0. The van der Waals surface area contributed by atoms with Gasteiger partial charge >= 0.3 is 0 Å². The molecule has 1 aromatic carbocycles. The van der Waals surface area contributed by atoms with E-state index in [-0.39, 0.29) is 0 Å². The Bertz CT molecular complexity index is 483. The van der Waals surface area contributed by atoms with Crippen molar-refractivity contribution in [3.8, 4) is 11.5 Å². The lowest BCUT2D eigenvalue weighted by atomic mass is 10.2. The second kappa shape index (κ2) is 5.21. The molecule has 0 aliphatic rings. The van der Waals surface area contributed by atoms with Gasteiger partial charge in [-0.25, -0.2) is 0 Å². The first-order valence-electron chi connectivity index (χ1n) is 5.25. The van der Waals surface area contributed by atoms with Crippen LogP contribution in [0.15, 0.2) is 42.7 Å². The molecule has 0 aliphatic carbocycles. The van der Waals surface area contributed by atoms with Crippen molar-refractivity contribution in [2.75, 3.05) is 12.8 Å². The zero-order valence-corrected chi connectivity index (χ0v) is 9.59. The first-order chi connectivity index (χ1) is 8.29. The quantitative estimate of drug-likeness (QED) is 0.875. The lowest BCUT2D eigenvalue weighted by Gasteiger charge is -2.08. The van der Waals surface area contributed by atoms with Gasteiger partial charge in [0.25, 0.3) is 0 Å². The molecule has 0 saturated heterocycles. The first-order valence-corrected chi connectivity index (χ1v) is 5.25. The molecule has 2 N–H and O–H groups in total. The molecule has 0 aliphatic heterocycles. The fraction of sp³-hybridized carbons (Fsp3) is 0.154. The van der Waals surface area contributed by atoms with E-state index < -0.39 is 0 Å². The average Bonchev–Trinajstić information content (AvgIpc) is 2.38. The molecule has 1 aromatic heterocycles. The largest absolute Gasteiger partial charge is 0.497 e. The standard InChI is InChI=1S/C13H14N2O2/c1-16-11-2-4-12(5-3-11)17-9-10-8-15-7-6-13(10)14/h2-8H,9H2,1H3,(H2,14,15). The summed E-state index contributed by atoms with van der Waals surface area (Å²) in [5.74, 6) is 1.58. The molecular weight excluding hydrogens is 216 g/mol. The molecule has 0 atom stereocenters. The van der Waals surface area contributed by atoms with Gasteiger partial charge in [-0.1, -0.05) is 0 Å². The molecule has 0 radical (unpaired) electrons. The lowest BCUT2D eigenvalue weighted by Crippen LogP contribution is -2.00. The summed E-state index contributed by atoms with van der Waals surface area (Å²) < 4.78 is 10.7. The van der Waals surface area contributed by atoms with Gasteiger partial charge in [0.15, 0.2) is 0 Å². The van der Waals surface area contributed by atoms with Crippen molar-refractivity contribution in [3.63, 3.8) is 0 Å². The molecule has 88 valence electrons. The van der Waals surface area contributed by atoms with Crippen LogP contribution in [0.3, 0.4) is 0 Å². The fourth-order valence-corrected chi connectivity index (χ4v) is 1.39. The SMILES string of the molecule is COc1ccc(OCc2cnccc2N)cc1. The fourth-order valence-electron chi connectivity index (χ4n) is 1.39. The zero-order chi connectivity index (χ0) is 12.1. The summed E-state index contributed by atoms with van der Waals surface area (Å²) in [6, 6.07) is 9.16. The molecule has 2 aromatic rings. The Morgan fingerprint density at radius 2 is 1.82 bits per heavy atom. The van der Waals surface area contributed by atoms with Crippen molar-refractivity contribution in [3.05, 3.63) is 48.3 Å². The third kappa shape index (κ3) is 2.87. The molecule has 0 fully saturated rings. The number of aromatic nitrogens is 1. The number of nitrogen functional groups attached to an aromatic ring is 1. The highest BCUT2D eigenvalue weighted by atomic mass is 16.5. The normalized spacial score (nSPS) is 9.94. The molecule has 0 spiro atoms. The monoisotopic (exact) mass is 230 g/mol. The van der Waals surface area contributed by atoms with Crippen LogP contribution in [0.4, 0.5) is 5.69 Å². The average molecular weight is 230 g/mol. The highest BCUT2D eigenvalue weighted by Gasteiger charge is 2.00. The van der Waals surface area contributed by atoms with Crippen LogP contribution in [-0.4, -0.2) is 12.1 Å². The smallest absolute Gasteiger partial charge is 0.120 e. The number of rotatable bonds is 4. The van der Waals surface area contributed by atoms with Crippen LogP contribution in [0.2, 0.25) is 0 Å². The Morgan fingerprint density at radius 3 is 2.47 bits per heavy atom. The van der Waals surface area contributed by atoms with Crippen molar-refractivity contribution in [2.45, 2.75) is 6.61 Å². The summed E-state index contributed by atoms with van der Waals surface area (Å²) in [5, 5.41) is 0. The maximum Gasteiger partial charge on any atom is 0.120 e. The van der Waals surface area contributed by atoms with E-state index in [4.69, 9.17) is 15.2 Å². The molecular formula is C13H14N2O2. The van der Waals surface area contributed by atoms with Crippen LogP contribution >= 0.6 is 0 Å². The van der Waals surface area contributed by atoms with Gasteiger partial charge < -0.3 is 15.2 Å². The Kier molecular flexibility index (Phi) is 3.45. The van der Waals surface area contributed by atoms with Gasteiger partial charge in [-0.05, 0) is 30.3 Å². The van der Waals surface area contributed by atoms with Crippen LogP contribution in [0.1, 0.15) is 5.56 Å². The molecule has 0 unspecified atom stereocenters. The van der Waals surface area contributed by atoms with Gasteiger partial charge in [0.2, 0.25) is 0 Å². The van der Waals surface area contributed by atoms with E-state index >= 15 is 0 Å². The highest BCUT2D eigenvalue weighted by molar-refractivity contribution is 5.44. The number of hydrogen-bond acceptors (Lipinski definition) is 4. The number of hydrogen-bond donors (Lipinski definition) is 1. The van der Waals surface area contributed by atoms with Crippen LogP contribution < -0.4 is 15.2 Å². The van der Waals surface area contributed by atoms with Gasteiger partial charge in [-0.15, -0.1) is 0 Å². The topological polar surface area (TPSA) is 57.4 Å². The van der Waals surface area contributed by atoms with Crippen LogP contribution in [0.5, 0.6) is 11.5 Å². The Balaban J connectivity index is 2.00. The van der Waals surface area contributed by atoms with Crippen molar-refractivity contribution >= 4 is 5.69 Å². The molecule has 0 amide bonds. The number of pyridine rings is 1. The van der Waals surface area contributed by atoms with Crippen LogP contribution in [0, 0.1) is 0 Å². The van der Waals surface area contributed by atoms with Gasteiger partial charge in [-0.2, -0.15) is 0 Å². The zero-order valence-electron chi connectivity index (χ0n) is 9.59. The number of nitrogens with zero attached hydrogens (tertiary/aromatic N) is 1. The highest BCUT2D eigenvalue weighted by Crippen LogP contribution is 2.19. The first kappa shape index (κ1) is 11.3. The third-order valence-electron chi connectivity index (χ3n) is 2.40. The molecule has 17 heavy (non-hydrogen) atoms. The van der Waals surface area contributed by atoms with E-state index in [0.717, 1.165) is 17.1 Å². The van der Waals surface area contributed by atoms with Crippen LogP contribution in [0.25, 0.3) is 0 Å². The summed E-state index contributed by atoms with van der Waals surface area (Å²) in [6.45, 7) is 0.409. The minimum atomic E-state index is 0.409. The van der Waals surface area contributed by atoms with E-state index in [1.807, 2.05) is 24.3 Å². The van der Waals surface area contributed by atoms with E-state index in [1.165, 1.54) is 0 Å². The molecule has 4 nitrogen and oxygen atoms in total. The van der Waals surface area contributed by atoms with Gasteiger partial charge in [0.1, 0.15) is 18.1 Å². The second-order valence-electron chi connectivity index (χ2n) is 3.54. The predicted molar refractivity (Wildman–Crippen MR) is 66.0 cm³/mol. The maximum atomic E-state index is 5.79. The Hall–Kier alpha value is -2.23. The van der Waals surface area contributed by atoms with E-state index in [0.29, 0.717) is 12.3 Å². The number of ether oxygens (including phenoxy) is 2.